The van der Waals surface area contributed by atoms with E-state index in [1.165, 1.54) is 32.4 Å². The van der Waals surface area contributed by atoms with Gasteiger partial charge in [-0.05, 0) is 32.0 Å². The summed E-state index contributed by atoms with van der Waals surface area (Å²) < 4.78 is 15.1. The lowest BCUT2D eigenvalue weighted by Crippen LogP contribution is -2.48. The molecule has 1 aliphatic heterocycles. The number of methoxy groups -OCH3 is 2. The molecule has 8 nitrogen and oxygen atoms in total. The van der Waals surface area contributed by atoms with Crippen LogP contribution in [0.2, 0.25) is 0 Å². The van der Waals surface area contributed by atoms with E-state index in [9.17, 15) is 14.4 Å². The first kappa shape index (κ1) is 19.9. The van der Waals surface area contributed by atoms with E-state index in [2.05, 4.69) is 10.1 Å². The van der Waals surface area contributed by atoms with E-state index in [1.54, 1.807) is 0 Å². The molecule has 8 heteroatoms. The SMILES string of the molecule is COC(=O)c1ccc(C(=O)OC)c(NC(=O)CN2C[C@@H](C)O[C@@H](C)C2)c1. The highest BCUT2D eigenvalue weighted by molar-refractivity contribution is 6.03. The standard InChI is InChI=1S/C18H24N2O6/c1-11-8-20(9-12(2)26-11)10-16(21)19-15-7-13(17(22)24-3)5-6-14(15)18(23)25-4/h5-7,11-12H,8-10H2,1-4H3,(H,19,21)/t11-,12+. The van der Waals surface area contributed by atoms with Crippen molar-refractivity contribution in [2.24, 2.45) is 0 Å². The van der Waals surface area contributed by atoms with Gasteiger partial charge in [0.05, 0.1) is 49.8 Å². The van der Waals surface area contributed by atoms with Gasteiger partial charge in [0.2, 0.25) is 5.91 Å². The molecule has 1 aromatic carbocycles. The van der Waals surface area contributed by atoms with Crippen LogP contribution in [0.5, 0.6) is 0 Å². The minimum Gasteiger partial charge on any atom is -0.465 e. The highest BCUT2D eigenvalue weighted by Gasteiger charge is 2.24. The van der Waals surface area contributed by atoms with E-state index in [0.29, 0.717) is 13.1 Å². The summed E-state index contributed by atoms with van der Waals surface area (Å²) in [6.07, 6.45) is 0.0830. The van der Waals surface area contributed by atoms with Gasteiger partial charge in [0.25, 0.3) is 0 Å². The number of esters is 2. The fourth-order valence-corrected chi connectivity index (χ4v) is 2.99. The smallest absolute Gasteiger partial charge is 0.339 e. The van der Waals surface area contributed by atoms with Gasteiger partial charge in [0.1, 0.15) is 0 Å². The molecule has 1 amide bonds. The average Bonchev–Trinajstić information content (AvgIpc) is 2.59. The van der Waals surface area contributed by atoms with E-state index in [1.807, 2.05) is 18.7 Å². The van der Waals surface area contributed by atoms with E-state index >= 15 is 0 Å². The molecule has 1 saturated heterocycles. The van der Waals surface area contributed by atoms with Crippen molar-refractivity contribution in [1.82, 2.24) is 4.90 Å². The van der Waals surface area contributed by atoms with Crippen LogP contribution >= 0.6 is 0 Å². The van der Waals surface area contributed by atoms with Gasteiger partial charge < -0.3 is 19.5 Å². The molecular weight excluding hydrogens is 340 g/mol. The predicted octanol–water partition coefficient (Wildman–Crippen LogP) is 1.31. The third-order valence-electron chi connectivity index (χ3n) is 3.98. The summed E-state index contributed by atoms with van der Waals surface area (Å²) in [5.74, 6) is -1.46. The summed E-state index contributed by atoms with van der Waals surface area (Å²) in [5.41, 5.74) is 0.598. The van der Waals surface area contributed by atoms with Crippen molar-refractivity contribution in [3.05, 3.63) is 29.3 Å². The normalized spacial score (nSPS) is 20.3. The largest absolute Gasteiger partial charge is 0.465 e. The van der Waals surface area contributed by atoms with Crippen LogP contribution in [0, 0.1) is 0 Å². The molecule has 1 N–H and O–H groups in total. The number of benzene rings is 1. The first-order valence-corrected chi connectivity index (χ1v) is 8.32. The summed E-state index contributed by atoms with van der Waals surface area (Å²) >= 11 is 0. The molecule has 2 atom stereocenters. The van der Waals surface area contributed by atoms with Crippen LogP contribution in [-0.4, -0.2) is 68.8 Å². The molecule has 26 heavy (non-hydrogen) atoms. The molecule has 0 saturated carbocycles. The lowest BCUT2D eigenvalue weighted by Gasteiger charge is -2.34. The maximum atomic E-state index is 12.4. The Labute approximate surface area is 152 Å². The van der Waals surface area contributed by atoms with E-state index in [4.69, 9.17) is 9.47 Å². The van der Waals surface area contributed by atoms with E-state index in [0.717, 1.165) is 0 Å². The summed E-state index contributed by atoms with van der Waals surface area (Å²) in [5, 5.41) is 2.69. The Kier molecular flexibility index (Phi) is 6.70. The first-order chi connectivity index (χ1) is 12.3. The van der Waals surface area contributed by atoms with Gasteiger partial charge in [0, 0.05) is 13.1 Å². The zero-order valence-corrected chi connectivity index (χ0v) is 15.4. The second kappa shape index (κ2) is 8.77. The molecule has 0 spiro atoms. The molecule has 1 aromatic rings. The molecule has 0 unspecified atom stereocenters. The molecule has 0 radical (unpaired) electrons. The Morgan fingerprint density at radius 3 is 2.31 bits per heavy atom. The Morgan fingerprint density at radius 1 is 1.12 bits per heavy atom. The van der Waals surface area contributed by atoms with Crippen LogP contribution in [0.3, 0.4) is 0 Å². The third-order valence-corrected chi connectivity index (χ3v) is 3.98. The van der Waals surface area contributed by atoms with Crippen LogP contribution < -0.4 is 5.32 Å². The second-order valence-corrected chi connectivity index (χ2v) is 6.24. The number of rotatable bonds is 5. The zero-order valence-electron chi connectivity index (χ0n) is 15.4. The highest BCUT2D eigenvalue weighted by atomic mass is 16.5. The maximum absolute atomic E-state index is 12.4. The van der Waals surface area contributed by atoms with Crippen molar-refractivity contribution in [2.45, 2.75) is 26.1 Å². The minimum absolute atomic E-state index is 0.0415. The summed E-state index contributed by atoms with van der Waals surface area (Å²) in [7, 11) is 2.51. The molecule has 1 fully saturated rings. The Hall–Kier alpha value is -2.45. The van der Waals surface area contributed by atoms with E-state index in [-0.39, 0.29) is 41.5 Å². The van der Waals surface area contributed by atoms with Crippen LogP contribution in [0.1, 0.15) is 34.6 Å². The van der Waals surface area contributed by atoms with Gasteiger partial charge in [-0.25, -0.2) is 9.59 Å². The van der Waals surface area contributed by atoms with Crippen LogP contribution in [0.25, 0.3) is 0 Å². The lowest BCUT2D eigenvalue weighted by molar-refractivity contribution is -0.121. The topological polar surface area (TPSA) is 94.2 Å². The number of hydrogen-bond donors (Lipinski definition) is 1. The van der Waals surface area contributed by atoms with Crippen molar-refractivity contribution in [2.75, 3.05) is 39.2 Å². The summed E-state index contributed by atoms with van der Waals surface area (Å²) in [6.45, 7) is 5.35. The number of hydrogen-bond acceptors (Lipinski definition) is 7. The van der Waals surface area contributed by atoms with Crippen LogP contribution in [-0.2, 0) is 19.0 Å². The Morgan fingerprint density at radius 2 is 1.73 bits per heavy atom. The molecule has 0 aliphatic carbocycles. The third kappa shape index (κ3) is 5.03. The van der Waals surface area contributed by atoms with Crippen molar-refractivity contribution >= 4 is 23.5 Å². The monoisotopic (exact) mass is 364 g/mol. The van der Waals surface area contributed by atoms with Gasteiger partial charge in [-0.1, -0.05) is 0 Å². The number of morpholine rings is 1. The fourth-order valence-electron chi connectivity index (χ4n) is 2.99. The summed E-state index contributed by atoms with van der Waals surface area (Å²) in [6, 6.07) is 4.27. The number of nitrogens with zero attached hydrogens (tertiary/aromatic N) is 1. The predicted molar refractivity (Wildman–Crippen MR) is 94.2 cm³/mol. The fraction of sp³-hybridized carbons (Fsp3) is 0.500. The van der Waals surface area contributed by atoms with Crippen molar-refractivity contribution in [1.29, 1.82) is 0 Å². The molecular formula is C18H24N2O6. The molecule has 142 valence electrons. The van der Waals surface area contributed by atoms with Gasteiger partial charge in [0.15, 0.2) is 0 Å². The molecule has 1 heterocycles. The number of anilines is 1. The van der Waals surface area contributed by atoms with Gasteiger partial charge >= 0.3 is 11.9 Å². The number of carbonyl (C=O) groups is 3. The van der Waals surface area contributed by atoms with E-state index < -0.39 is 11.9 Å². The highest BCUT2D eigenvalue weighted by Crippen LogP contribution is 2.20. The second-order valence-electron chi connectivity index (χ2n) is 6.24. The van der Waals surface area contributed by atoms with Crippen molar-refractivity contribution in [3.8, 4) is 0 Å². The number of carbonyl (C=O) groups excluding carboxylic acids is 3. The Bertz CT molecular complexity index is 680. The maximum Gasteiger partial charge on any atom is 0.339 e. The van der Waals surface area contributed by atoms with Crippen LogP contribution in [0.15, 0.2) is 18.2 Å². The minimum atomic E-state index is -0.606. The molecule has 2 rings (SSSR count). The quantitative estimate of drug-likeness (QED) is 0.787. The zero-order chi connectivity index (χ0) is 19.3. The first-order valence-electron chi connectivity index (χ1n) is 8.32. The molecule has 1 aliphatic rings. The summed E-state index contributed by atoms with van der Waals surface area (Å²) in [4.78, 5) is 38.1. The van der Waals surface area contributed by atoms with Gasteiger partial charge in [-0.2, -0.15) is 0 Å². The molecule has 0 aromatic heterocycles. The number of nitrogens with one attached hydrogen (secondary N) is 1. The van der Waals surface area contributed by atoms with Crippen molar-refractivity contribution < 1.29 is 28.6 Å². The lowest BCUT2D eigenvalue weighted by atomic mass is 10.1. The Balaban J connectivity index is 2.16. The number of amides is 1. The van der Waals surface area contributed by atoms with Gasteiger partial charge in [-0.15, -0.1) is 0 Å². The van der Waals surface area contributed by atoms with Crippen LogP contribution in [0.4, 0.5) is 5.69 Å². The van der Waals surface area contributed by atoms with Crippen molar-refractivity contribution in [3.63, 3.8) is 0 Å². The molecule has 0 bridgehead atoms. The average molecular weight is 364 g/mol. The number of ether oxygens (including phenoxy) is 3. The van der Waals surface area contributed by atoms with Gasteiger partial charge in [-0.3, -0.25) is 9.69 Å².